The summed E-state index contributed by atoms with van der Waals surface area (Å²) >= 11 is 5.54. The number of carbonyl (C=O) groups excluding carboxylic acids is 2. The Labute approximate surface area is 113 Å². The second kappa shape index (κ2) is 7.59. The van der Waals surface area contributed by atoms with Gasteiger partial charge in [-0.3, -0.25) is 9.59 Å². The Bertz CT molecular complexity index is 299. The highest BCUT2D eigenvalue weighted by molar-refractivity contribution is 6.17. The highest BCUT2D eigenvalue weighted by atomic mass is 35.5. The van der Waals surface area contributed by atoms with Crippen LogP contribution in [0.1, 0.15) is 19.8 Å². The summed E-state index contributed by atoms with van der Waals surface area (Å²) in [5.74, 6) is 0.255. The number of rotatable bonds is 7. The topological polar surface area (TPSA) is 58.6 Å². The van der Waals surface area contributed by atoms with Gasteiger partial charge in [-0.05, 0) is 13.3 Å². The minimum absolute atomic E-state index is 0.0168. The fourth-order valence-corrected chi connectivity index (χ4v) is 2.22. The second-order valence-corrected chi connectivity index (χ2v) is 4.96. The standard InChI is InChI=1S/C12H21ClN2O3/c1-9(8-18-2)15-7-10(6-11(15)16)12(17)14-5-3-4-13/h9-10H,3-8H2,1-2H3,(H,14,17)/t9-,10+/m1/s1. The summed E-state index contributed by atoms with van der Waals surface area (Å²) in [7, 11) is 1.60. The molecule has 0 saturated carbocycles. The lowest BCUT2D eigenvalue weighted by Crippen LogP contribution is -2.39. The molecule has 0 bridgehead atoms. The number of nitrogens with one attached hydrogen (secondary N) is 1. The number of alkyl halides is 1. The quantitative estimate of drug-likeness (QED) is 0.548. The molecule has 1 rings (SSSR count). The molecule has 2 atom stereocenters. The lowest BCUT2D eigenvalue weighted by atomic mass is 10.1. The van der Waals surface area contributed by atoms with E-state index >= 15 is 0 Å². The number of nitrogens with zero attached hydrogens (tertiary/aromatic N) is 1. The molecule has 0 radical (unpaired) electrons. The molecule has 18 heavy (non-hydrogen) atoms. The summed E-state index contributed by atoms with van der Waals surface area (Å²) in [6.07, 6.45) is 1.04. The van der Waals surface area contributed by atoms with E-state index in [1.54, 1.807) is 12.0 Å². The third kappa shape index (κ3) is 4.14. The highest BCUT2D eigenvalue weighted by Crippen LogP contribution is 2.20. The van der Waals surface area contributed by atoms with Crippen LogP contribution in [0, 0.1) is 5.92 Å². The zero-order chi connectivity index (χ0) is 13.5. The first-order valence-corrected chi connectivity index (χ1v) is 6.75. The molecule has 6 heteroatoms. The van der Waals surface area contributed by atoms with Gasteiger partial charge >= 0.3 is 0 Å². The summed E-state index contributed by atoms with van der Waals surface area (Å²) in [6, 6.07) is 0.0168. The number of amides is 2. The zero-order valence-electron chi connectivity index (χ0n) is 10.9. The monoisotopic (exact) mass is 276 g/mol. The van der Waals surface area contributed by atoms with E-state index < -0.39 is 0 Å². The smallest absolute Gasteiger partial charge is 0.225 e. The summed E-state index contributed by atoms with van der Waals surface area (Å²) < 4.78 is 5.03. The average Bonchev–Trinajstić information content (AvgIpc) is 2.72. The van der Waals surface area contributed by atoms with Gasteiger partial charge in [-0.25, -0.2) is 0 Å². The molecule has 5 nitrogen and oxygen atoms in total. The first-order chi connectivity index (χ1) is 8.60. The lowest BCUT2D eigenvalue weighted by molar-refractivity contribution is -0.130. The van der Waals surface area contributed by atoms with Crippen LogP contribution in [0.15, 0.2) is 0 Å². The minimum Gasteiger partial charge on any atom is -0.383 e. The Morgan fingerprint density at radius 1 is 1.67 bits per heavy atom. The van der Waals surface area contributed by atoms with Gasteiger partial charge in [0.05, 0.1) is 18.6 Å². The van der Waals surface area contributed by atoms with E-state index in [0.717, 1.165) is 6.42 Å². The first kappa shape index (κ1) is 15.2. The van der Waals surface area contributed by atoms with Gasteiger partial charge in [0, 0.05) is 32.5 Å². The van der Waals surface area contributed by atoms with Crippen molar-refractivity contribution in [1.82, 2.24) is 10.2 Å². The molecule has 0 aromatic rings. The largest absolute Gasteiger partial charge is 0.383 e. The highest BCUT2D eigenvalue weighted by Gasteiger charge is 2.36. The van der Waals surface area contributed by atoms with Crippen LogP contribution in [0.5, 0.6) is 0 Å². The average molecular weight is 277 g/mol. The number of hydrogen-bond donors (Lipinski definition) is 1. The molecule has 1 heterocycles. The van der Waals surface area contributed by atoms with Crippen molar-refractivity contribution in [2.45, 2.75) is 25.8 Å². The van der Waals surface area contributed by atoms with E-state index in [-0.39, 0.29) is 23.8 Å². The normalized spacial score (nSPS) is 21.2. The summed E-state index contributed by atoms with van der Waals surface area (Å²) in [6.45, 7) is 3.47. The SMILES string of the molecule is COC[C@@H](C)N1C[C@@H](C(=O)NCCCCl)CC1=O. The number of halogens is 1. The third-order valence-electron chi connectivity index (χ3n) is 3.08. The molecule has 1 aliphatic rings. The van der Waals surface area contributed by atoms with Crippen LogP contribution in [0.3, 0.4) is 0 Å². The molecule has 0 spiro atoms. The first-order valence-electron chi connectivity index (χ1n) is 6.22. The molecule has 104 valence electrons. The molecule has 0 aliphatic carbocycles. The number of methoxy groups -OCH3 is 1. The zero-order valence-corrected chi connectivity index (χ0v) is 11.7. The molecule has 1 fully saturated rings. The molecule has 1 aliphatic heterocycles. The van der Waals surface area contributed by atoms with Crippen molar-refractivity contribution >= 4 is 23.4 Å². The van der Waals surface area contributed by atoms with Crippen molar-refractivity contribution in [2.24, 2.45) is 5.92 Å². The van der Waals surface area contributed by atoms with Crippen LogP contribution in [-0.2, 0) is 14.3 Å². The Hall–Kier alpha value is -0.810. The van der Waals surface area contributed by atoms with Crippen molar-refractivity contribution in [3.63, 3.8) is 0 Å². The van der Waals surface area contributed by atoms with Crippen LogP contribution in [-0.4, -0.2) is 55.4 Å². The number of carbonyl (C=O) groups is 2. The van der Waals surface area contributed by atoms with E-state index in [0.29, 0.717) is 32.0 Å². The maximum atomic E-state index is 11.8. The van der Waals surface area contributed by atoms with E-state index in [9.17, 15) is 9.59 Å². The van der Waals surface area contributed by atoms with Gasteiger partial charge in [0.15, 0.2) is 0 Å². The maximum Gasteiger partial charge on any atom is 0.225 e. The van der Waals surface area contributed by atoms with Gasteiger partial charge in [0.1, 0.15) is 0 Å². The second-order valence-electron chi connectivity index (χ2n) is 4.59. The predicted octanol–water partition coefficient (Wildman–Crippen LogP) is 0.615. The van der Waals surface area contributed by atoms with Gasteiger partial charge in [-0.1, -0.05) is 0 Å². The predicted molar refractivity (Wildman–Crippen MR) is 69.5 cm³/mol. The summed E-state index contributed by atoms with van der Waals surface area (Å²) in [5, 5.41) is 2.80. The Morgan fingerprint density at radius 3 is 3.00 bits per heavy atom. The summed E-state index contributed by atoms with van der Waals surface area (Å²) in [5.41, 5.74) is 0. The third-order valence-corrected chi connectivity index (χ3v) is 3.35. The van der Waals surface area contributed by atoms with Crippen LogP contribution < -0.4 is 5.32 Å². The maximum absolute atomic E-state index is 11.8. The molecule has 2 amide bonds. The molecular formula is C12H21ClN2O3. The van der Waals surface area contributed by atoms with E-state index in [4.69, 9.17) is 16.3 Å². The van der Waals surface area contributed by atoms with E-state index in [1.807, 2.05) is 6.92 Å². The van der Waals surface area contributed by atoms with Gasteiger partial charge in [0.2, 0.25) is 11.8 Å². The summed E-state index contributed by atoms with van der Waals surface area (Å²) in [4.78, 5) is 25.3. The molecule has 0 aromatic carbocycles. The van der Waals surface area contributed by atoms with Crippen LogP contribution in [0.2, 0.25) is 0 Å². The number of hydrogen-bond acceptors (Lipinski definition) is 3. The Balaban J connectivity index is 2.42. The van der Waals surface area contributed by atoms with Crippen molar-refractivity contribution in [1.29, 1.82) is 0 Å². The van der Waals surface area contributed by atoms with Gasteiger partial charge in [-0.2, -0.15) is 0 Å². The van der Waals surface area contributed by atoms with Crippen molar-refractivity contribution in [3.05, 3.63) is 0 Å². The number of ether oxygens (including phenoxy) is 1. The van der Waals surface area contributed by atoms with Crippen molar-refractivity contribution < 1.29 is 14.3 Å². The van der Waals surface area contributed by atoms with Gasteiger partial charge < -0.3 is 15.0 Å². The van der Waals surface area contributed by atoms with Gasteiger partial charge in [0.25, 0.3) is 0 Å². The molecule has 0 aromatic heterocycles. The van der Waals surface area contributed by atoms with Crippen LogP contribution in [0.4, 0.5) is 0 Å². The van der Waals surface area contributed by atoms with Crippen molar-refractivity contribution in [3.8, 4) is 0 Å². The van der Waals surface area contributed by atoms with Crippen molar-refractivity contribution in [2.75, 3.05) is 32.7 Å². The molecule has 0 unspecified atom stereocenters. The Kier molecular flexibility index (Phi) is 6.43. The van der Waals surface area contributed by atoms with Crippen LogP contribution in [0.25, 0.3) is 0 Å². The van der Waals surface area contributed by atoms with Gasteiger partial charge in [-0.15, -0.1) is 11.6 Å². The Morgan fingerprint density at radius 2 is 2.39 bits per heavy atom. The number of likely N-dealkylation sites (tertiary alicyclic amines) is 1. The minimum atomic E-state index is -0.243. The fraction of sp³-hybridized carbons (Fsp3) is 0.833. The lowest BCUT2D eigenvalue weighted by Gasteiger charge is -2.23. The molecule has 1 saturated heterocycles. The van der Waals surface area contributed by atoms with Crippen LogP contribution >= 0.6 is 11.6 Å². The molecule has 1 N–H and O–H groups in total. The van der Waals surface area contributed by atoms with E-state index in [2.05, 4.69) is 5.32 Å². The molecular weight excluding hydrogens is 256 g/mol. The van der Waals surface area contributed by atoms with E-state index in [1.165, 1.54) is 0 Å². The fourth-order valence-electron chi connectivity index (χ4n) is 2.09.